The zero-order chi connectivity index (χ0) is 9.38. The fourth-order valence-corrected chi connectivity index (χ4v) is 3.02. The Kier molecular flexibility index (Phi) is 1.33. The van der Waals surface area contributed by atoms with Crippen LogP contribution in [0.3, 0.4) is 0 Å². The van der Waals surface area contributed by atoms with Crippen molar-refractivity contribution in [2.45, 2.75) is 50.8 Å². The highest BCUT2D eigenvalue weighted by Gasteiger charge is 2.71. The molecule has 7 atom stereocenters. The van der Waals surface area contributed by atoms with Gasteiger partial charge in [0.25, 0.3) is 0 Å². The molecule has 3 nitrogen and oxygen atoms in total. The van der Waals surface area contributed by atoms with Crippen LogP contribution in [0, 0.1) is 11.8 Å². The van der Waals surface area contributed by atoms with Gasteiger partial charge < -0.3 is 14.6 Å². The van der Waals surface area contributed by atoms with E-state index in [0.29, 0.717) is 0 Å². The molecule has 3 aliphatic heterocycles. The first kappa shape index (κ1) is 8.21. The third-order valence-electron chi connectivity index (χ3n) is 4.28. The van der Waals surface area contributed by atoms with E-state index in [4.69, 9.17) is 9.47 Å². The Morgan fingerprint density at radius 2 is 1.92 bits per heavy atom. The number of hydrogen-bond acceptors (Lipinski definition) is 3. The molecule has 3 fully saturated rings. The third-order valence-corrected chi connectivity index (χ3v) is 4.28. The van der Waals surface area contributed by atoms with E-state index in [1.54, 1.807) is 0 Å². The minimum Gasteiger partial charge on any atom is -0.392 e. The normalized spacial score (nSPS) is 69.2. The van der Waals surface area contributed by atoms with Crippen LogP contribution in [0.1, 0.15) is 20.8 Å². The fraction of sp³-hybridized carbons (Fsp3) is 1.00. The number of hydrogen-bond donors (Lipinski definition) is 1. The highest BCUT2D eigenvalue weighted by atomic mass is 16.7. The summed E-state index contributed by atoms with van der Waals surface area (Å²) in [4.78, 5) is 0. The lowest BCUT2D eigenvalue weighted by Crippen LogP contribution is -2.54. The van der Waals surface area contributed by atoms with Crippen molar-refractivity contribution in [3.63, 3.8) is 0 Å². The molecule has 1 unspecified atom stereocenters. The molecule has 0 radical (unpaired) electrons. The second kappa shape index (κ2) is 2.10. The predicted molar refractivity (Wildman–Crippen MR) is 46.3 cm³/mol. The van der Waals surface area contributed by atoms with Crippen LogP contribution in [-0.4, -0.2) is 35.1 Å². The predicted octanol–water partition coefficient (Wildman–Crippen LogP) is 0.558. The molecule has 0 spiro atoms. The van der Waals surface area contributed by atoms with Crippen molar-refractivity contribution < 1.29 is 14.6 Å². The number of aliphatic hydroxyl groups is 1. The van der Waals surface area contributed by atoms with Crippen molar-refractivity contribution in [2.24, 2.45) is 11.8 Å². The van der Waals surface area contributed by atoms with Crippen molar-refractivity contribution in [1.29, 1.82) is 0 Å². The zero-order valence-electron chi connectivity index (χ0n) is 8.23. The highest BCUT2D eigenvalue weighted by Crippen LogP contribution is 2.56. The van der Waals surface area contributed by atoms with Gasteiger partial charge in [-0.2, -0.15) is 0 Å². The summed E-state index contributed by atoms with van der Waals surface area (Å²) in [5.74, 6) is 0.386. The summed E-state index contributed by atoms with van der Waals surface area (Å²) in [6.07, 6.45) is 0.396. The second-order valence-electron chi connectivity index (χ2n) is 4.93. The van der Waals surface area contributed by atoms with E-state index in [1.807, 2.05) is 0 Å². The van der Waals surface area contributed by atoms with Gasteiger partial charge in [-0.3, -0.25) is 0 Å². The Bertz CT molecular complexity index is 253. The largest absolute Gasteiger partial charge is 0.392 e. The minimum absolute atomic E-state index is 0.126. The standard InChI is InChI=1S/C10H16O3/c1-4-6(11)5(2)10(3)9-8(12-9)7(4)13-10/h4-9,11H,1-3H3/t4-,5+,6+,7+,8+,9?,10-/m0/s1. The van der Waals surface area contributed by atoms with E-state index in [9.17, 15) is 5.11 Å². The van der Waals surface area contributed by atoms with Gasteiger partial charge in [0.15, 0.2) is 0 Å². The Balaban J connectivity index is 2.00. The maximum Gasteiger partial charge on any atom is 0.116 e. The molecule has 3 aliphatic rings. The van der Waals surface area contributed by atoms with E-state index in [1.165, 1.54) is 0 Å². The average Bonchev–Trinajstić information content (AvgIpc) is 2.84. The van der Waals surface area contributed by atoms with Crippen LogP contribution >= 0.6 is 0 Å². The topological polar surface area (TPSA) is 42.0 Å². The summed E-state index contributed by atoms with van der Waals surface area (Å²) in [6.45, 7) is 6.17. The maximum atomic E-state index is 10.00. The molecule has 1 N–H and O–H groups in total. The van der Waals surface area contributed by atoms with Crippen molar-refractivity contribution >= 4 is 0 Å². The van der Waals surface area contributed by atoms with E-state index in [2.05, 4.69) is 20.8 Å². The first-order valence-electron chi connectivity index (χ1n) is 5.07. The number of rotatable bonds is 0. The van der Waals surface area contributed by atoms with Gasteiger partial charge in [-0.05, 0) is 6.92 Å². The smallest absolute Gasteiger partial charge is 0.116 e. The van der Waals surface area contributed by atoms with E-state index in [-0.39, 0.29) is 41.9 Å². The molecule has 2 bridgehead atoms. The van der Waals surface area contributed by atoms with Crippen LogP contribution in [0.2, 0.25) is 0 Å². The average molecular weight is 184 g/mol. The van der Waals surface area contributed by atoms with Crippen LogP contribution in [0.4, 0.5) is 0 Å². The first-order chi connectivity index (χ1) is 6.05. The Morgan fingerprint density at radius 3 is 2.62 bits per heavy atom. The molecule has 0 aromatic rings. The quantitative estimate of drug-likeness (QED) is 0.559. The van der Waals surface area contributed by atoms with Crippen molar-refractivity contribution in [3.8, 4) is 0 Å². The van der Waals surface area contributed by atoms with Crippen LogP contribution in [0.5, 0.6) is 0 Å². The Hall–Kier alpha value is -0.120. The summed E-state index contributed by atoms with van der Waals surface area (Å²) in [5.41, 5.74) is -0.235. The first-order valence-corrected chi connectivity index (χ1v) is 5.07. The Morgan fingerprint density at radius 1 is 1.23 bits per heavy atom. The van der Waals surface area contributed by atoms with E-state index >= 15 is 0 Å². The molecule has 3 saturated heterocycles. The van der Waals surface area contributed by atoms with Gasteiger partial charge in [-0.25, -0.2) is 0 Å². The maximum absolute atomic E-state index is 10.00. The number of epoxide rings is 1. The van der Waals surface area contributed by atoms with Crippen LogP contribution in [-0.2, 0) is 9.47 Å². The summed E-state index contributed by atoms with van der Waals surface area (Å²) in [6, 6.07) is 0. The molecule has 3 rings (SSSR count). The lowest BCUT2D eigenvalue weighted by atomic mass is 9.79. The molecule has 3 heterocycles. The summed E-state index contributed by atoms with van der Waals surface area (Å²) in [5, 5.41) is 10.00. The zero-order valence-corrected chi connectivity index (χ0v) is 8.23. The number of ether oxygens (including phenoxy) is 2. The Labute approximate surface area is 78.0 Å². The van der Waals surface area contributed by atoms with Crippen molar-refractivity contribution in [1.82, 2.24) is 0 Å². The van der Waals surface area contributed by atoms with E-state index in [0.717, 1.165) is 0 Å². The van der Waals surface area contributed by atoms with Gasteiger partial charge in [0.05, 0.1) is 17.8 Å². The van der Waals surface area contributed by atoms with Crippen molar-refractivity contribution in [3.05, 3.63) is 0 Å². The molecule has 3 heteroatoms. The summed E-state index contributed by atoms with van der Waals surface area (Å²) in [7, 11) is 0. The van der Waals surface area contributed by atoms with Gasteiger partial charge in [-0.15, -0.1) is 0 Å². The van der Waals surface area contributed by atoms with Gasteiger partial charge in [0.2, 0.25) is 0 Å². The number of fused-ring (bicyclic) bond motifs is 5. The van der Waals surface area contributed by atoms with Gasteiger partial charge in [0, 0.05) is 11.8 Å². The SMILES string of the molecule is C[C@H]1[C@@H](O)[C@@H](C)[C@]2(C)O[C@H]1[C@H]1OC12. The lowest BCUT2D eigenvalue weighted by Gasteiger charge is -2.44. The molecular weight excluding hydrogens is 168 g/mol. The molecule has 0 aromatic carbocycles. The molecular formula is C10H16O3. The van der Waals surface area contributed by atoms with Crippen LogP contribution < -0.4 is 0 Å². The monoisotopic (exact) mass is 184 g/mol. The van der Waals surface area contributed by atoms with E-state index < -0.39 is 0 Å². The molecule has 13 heavy (non-hydrogen) atoms. The molecule has 0 aliphatic carbocycles. The van der Waals surface area contributed by atoms with Gasteiger partial charge in [0.1, 0.15) is 12.2 Å². The molecule has 0 saturated carbocycles. The van der Waals surface area contributed by atoms with Gasteiger partial charge in [-0.1, -0.05) is 13.8 Å². The highest BCUT2D eigenvalue weighted by molar-refractivity contribution is 5.18. The van der Waals surface area contributed by atoms with Gasteiger partial charge >= 0.3 is 0 Å². The summed E-state index contributed by atoms with van der Waals surface area (Å²) < 4.78 is 11.5. The van der Waals surface area contributed by atoms with Crippen molar-refractivity contribution in [2.75, 3.05) is 0 Å². The molecule has 0 amide bonds. The van der Waals surface area contributed by atoms with Crippen LogP contribution in [0.15, 0.2) is 0 Å². The third kappa shape index (κ3) is 0.767. The number of aliphatic hydroxyl groups excluding tert-OH is 1. The summed E-state index contributed by atoms with van der Waals surface area (Å²) >= 11 is 0. The van der Waals surface area contributed by atoms with Crippen LogP contribution in [0.25, 0.3) is 0 Å². The fourth-order valence-electron chi connectivity index (χ4n) is 3.02. The minimum atomic E-state index is -0.236. The molecule has 0 aromatic heterocycles. The lowest BCUT2D eigenvalue weighted by molar-refractivity contribution is -0.213. The second-order valence-corrected chi connectivity index (χ2v) is 4.93. The molecule has 74 valence electrons.